The van der Waals surface area contributed by atoms with E-state index in [-0.39, 0.29) is 12.3 Å². The number of hydrogen-bond acceptors (Lipinski definition) is 9. The summed E-state index contributed by atoms with van der Waals surface area (Å²) >= 11 is 0. The van der Waals surface area contributed by atoms with Crippen LogP contribution in [-0.2, 0) is 15.4 Å². The topological polar surface area (TPSA) is 143 Å². The van der Waals surface area contributed by atoms with Crippen LogP contribution in [0.3, 0.4) is 0 Å². The Kier molecular flexibility index (Phi) is 5.10. The molecule has 0 saturated carbocycles. The van der Waals surface area contributed by atoms with Crippen molar-refractivity contribution < 1.29 is 13.2 Å². The summed E-state index contributed by atoms with van der Waals surface area (Å²) in [5, 5.41) is 12.4. The van der Waals surface area contributed by atoms with Crippen molar-refractivity contribution in [2.75, 3.05) is 5.32 Å². The zero-order valence-electron chi connectivity index (χ0n) is 20.8. The molecular weight excluding hydrogens is 476 g/mol. The second-order valence-electron chi connectivity index (χ2n) is 10.7. The van der Waals surface area contributed by atoms with E-state index in [2.05, 4.69) is 21.4 Å². The molecule has 2 aliphatic rings. The predicted octanol–water partition coefficient (Wildman–Crippen LogP) is 3.95. The van der Waals surface area contributed by atoms with E-state index in [1.807, 2.05) is 39.0 Å². The number of anilines is 2. The van der Waals surface area contributed by atoms with Gasteiger partial charge in [0, 0.05) is 35.5 Å². The molecule has 0 aliphatic carbocycles. The van der Waals surface area contributed by atoms with Crippen LogP contribution in [0.4, 0.5) is 11.5 Å². The molecule has 0 fully saturated rings. The van der Waals surface area contributed by atoms with E-state index in [9.17, 15) is 13.7 Å². The summed E-state index contributed by atoms with van der Waals surface area (Å²) in [6.45, 7) is 8.80. The maximum absolute atomic E-state index is 13.8. The average molecular weight is 505 g/mol. The van der Waals surface area contributed by atoms with Crippen LogP contribution in [0.2, 0.25) is 0 Å². The molecule has 5 rings (SSSR count). The number of fused-ring (bicyclic) bond motifs is 4. The van der Waals surface area contributed by atoms with E-state index in [4.69, 9.17) is 15.5 Å². The highest BCUT2D eigenvalue weighted by molar-refractivity contribution is 7.94. The Bertz CT molecular complexity index is 1590. The summed E-state index contributed by atoms with van der Waals surface area (Å²) in [6, 6.07) is 11.1. The molecule has 3 aromatic rings. The van der Waals surface area contributed by atoms with Crippen LogP contribution in [0.15, 0.2) is 47.7 Å². The minimum atomic E-state index is -3.72. The normalized spacial score (nSPS) is 25.3. The van der Waals surface area contributed by atoms with Crippen LogP contribution in [0.5, 0.6) is 5.75 Å². The molecule has 36 heavy (non-hydrogen) atoms. The molecule has 2 aliphatic heterocycles. The van der Waals surface area contributed by atoms with Crippen LogP contribution in [0.1, 0.15) is 52.2 Å². The molecule has 4 heterocycles. The van der Waals surface area contributed by atoms with Crippen molar-refractivity contribution in [2.45, 2.75) is 62.2 Å². The lowest BCUT2D eigenvalue weighted by Gasteiger charge is -2.44. The van der Waals surface area contributed by atoms with Gasteiger partial charge in [0.05, 0.1) is 10.8 Å². The third-order valence-electron chi connectivity index (χ3n) is 7.26. The zero-order chi connectivity index (χ0) is 26.1. The van der Waals surface area contributed by atoms with Gasteiger partial charge in [0.15, 0.2) is 15.7 Å². The van der Waals surface area contributed by atoms with Crippen LogP contribution >= 0.6 is 0 Å². The van der Waals surface area contributed by atoms with Gasteiger partial charge in [-0.05, 0) is 65.0 Å². The summed E-state index contributed by atoms with van der Waals surface area (Å²) in [5.41, 5.74) is 6.75. The number of hydrogen-bond donors (Lipinski definition) is 2. The Hall–Kier alpha value is -3.71. The first-order valence-corrected chi connectivity index (χ1v) is 13.2. The Labute approximate surface area is 210 Å². The number of nitrogens with one attached hydrogen (secondary N) is 1. The van der Waals surface area contributed by atoms with Gasteiger partial charge >= 0.3 is 0 Å². The van der Waals surface area contributed by atoms with E-state index in [1.54, 1.807) is 32.2 Å². The maximum Gasteiger partial charge on any atom is 0.168 e. The van der Waals surface area contributed by atoms with E-state index in [0.717, 1.165) is 5.39 Å². The largest absolute Gasteiger partial charge is 0.487 e. The lowest BCUT2D eigenvalue weighted by atomic mass is 9.84. The van der Waals surface area contributed by atoms with Crippen molar-refractivity contribution >= 4 is 38.1 Å². The molecule has 3 N–H and O–H groups in total. The number of rotatable bonds is 2. The molecule has 0 unspecified atom stereocenters. The van der Waals surface area contributed by atoms with Crippen LogP contribution < -0.4 is 15.8 Å². The summed E-state index contributed by atoms with van der Waals surface area (Å²) in [5.74, 6) is 1.15. The SMILES string of the molecule is CC1(C)C[C@@H]2[C@](C)(N=C(N)C(C)(C)S2(=O)=O)c2cc(Nc3nccc4cc(C#N)cnc34)ccc2O1. The van der Waals surface area contributed by atoms with Crippen LogP contribution in [0.25, 0.3) is 10.9 Å². The zero-order valence-corrected chi connectivity index (χ0v) is 21.6. The van der Waals surface area contributed by atoms with E-state index >= 15 is 0 Å². The molecule has 0 spiro atoms. The van der Waals surface area contributed by atoms with Gasteiger partial charge < -0.3 is 15.8 Å². The number of nitriles is 1. The van der Waals surface area contributed by atoms with Crippen molar-refractivity contribution in [2.24, 2.45) is 10.7 Å². The number of amidine groups is 1. The summed E-state index contributed by atoms with van der Waals surface area (Å²) in [4.78, 5) is 13.7. The summed E-state index contributed by atoms with van der Waals surface area (Å²) < 4.78 is 32.7. The Morgan fingerprint density at radius 2 is 1.89 bits per heavy atom. The number of aromatic nitrogens is 2. The average Bonchev–Trinajstić information content (AvgIpc) is 2.90. The third-order valence-corrected chi connectivity index (χ3v) is 10.3. The number of benzene rings is 1. The molecule has 0 radical (unpaired) electrons. The lowest BCUT2D eigenvalue weighted by Crippen LogP contribution is -2.60. The molecular formula is C26H28N6O3S. The van der Waals surface area contributed by atoms with Gasteiger partial charge in [0.25, 0.3) is 0 Å². The van der Waals surface area contributed by atoms with Gasteiger partial charge in [-0.3, -0.25) is 9.98 Å². The Morgan fingerprint density at radius 1 is 1.14 bits per heavy atom. The quantitative estimate of drug-likeness (QED) is 0.534. The molecule has 2 atom stereocenters. The fourth-order valence-corrected chi connectivity index (χ4v) is 7.48. The molecule has 2 aromatic heterocycles. The second kappa shape index (κ2) is 7.64. The van der Waals surface area contributed by atoms with E-state index in [0.29, 0.717) is 33.9 Å². The highest BCUT2D eigenvalue weighted by Gasteiger charge is 2.59. The number of aliphatic imine (C=N–C) groups is 1. The molecule has 186 valence electrons. The minimum Gasteiger partial charge on any atom is -0.487 e. The van der Waals surface area contributed by atoms with Gasteiger partial charge in [-0.2, -0.15) is 5.26 Å². The van der Waals surface area contributed by atoms with Gasteiger partial charge in [-0.25, -0.2) is 13.4 Å². The molecule has 0 amide bonds. The minimum absolute atomic E-state index is 0.0819. The fraction of sp³-hybridized carbons (Fsp3) is 0.385. The van der Waals surface area contributed by atoms with Crippen LogP contribution in [-0.4, -0.2) is 39.8 Å². The van der Waals surface area contributed by atoms with Crippen molar-refractivity contribution in [3.63, 3.8) is 0 Å². The van der Waals surface area contributed by atoms with Gasteiger partial charge in [-0.15, -0.1) is 0 Å². The highest BCUT2D eigenvalue weighted by Crippen LogP contribution is 2.51. The number of pyridine rings is 2. The van der Waals surface area contributed by atoms with Crippen LogP contribution in [0, 0.1) is 11.3 Å². The summed E-state index contributed by atoms with van der Waals surface area (Å²) in [7, 11) is -3.72. The van der Waals surface area contributed by atoms with Crippen molar-refractivity contribution in [1.82, 2.24) is 9.97 Å². The highest BCUT2D eigenvalue weighted by atomic mass is 32.2. The molecule has 10 heteroatoms. The number of nitrogens with two attached hydrogens (primary N) is 1. The van der Waals surface area contributed by atoms with Crippen molar-refractivity contribution in [3.05, 3.63) is 53.9 Å². The second-order valence-corrected chi connectivity index (χ2v) is 13.3. The third kappa shape index (κ3) is 3.49. The van der Waals surface area contributed by atoms with Gasteiger partial charge in [0.2, 0.25) is 0 Å². The number of ether oxygens (including phenoxy) is 1. The fourth-order valence-electron chi connectivity index (χ4n) is 5.03. The molecule has 0 bridgehead atoms. The number of nitrogens with zero attached hydrogens (tertiary/aromatic N) is 4. The lowest BCUT2D eigenvalue weighted by molar-refractivity contribution is 0.102. The van der Waals surface area contributed by atoms with E-state index in [1.165, 1.54) is 6.20 Å². The van der Waals surface area contributed by atoms with Gasteiger partial charge in [0.1, 0.15) is 39.1 Å². The Morgan fingerprint density at radius 3 is 2.61 bits per heavy atom. The first-order chi connectivity index (χ1) is 16.8. The first kappa shape index (κ1) is 24.0. The Balaban J connectivity index is 1.67. The van der Waals surface area contributed by atoms with Crippen molar-refractivity contribution in [3.8, 4) is 11.8 Å². The first-order valence-electron chi connectivity index (χ1n) is 11.6. The van der Waals surface area contributed by atoms with E-state index < -0.39 is 31.0 Å². The molecule has 0 saturated heterocycles. The standard InChI is InChI=1S/C26H28N6O3S/c1-24(2)12-20-26(5,32-23(28)25(3,4)36(20,33)34)18-11-17(6-7-19(18)35-24)31-22-21-16(8-9-29-22)10-15(13-27)14-30-21/h6-11,14,20H,12H2,1-5H3,(H2,28,32)(H,29,31)/t20-,26-/m1/s1. The monoisotopic (exact) mass is 504 g/mol. The van der Waals surface area contributed by atoms with Crippen molar-refractivity contribution in [1.29, 1.82) is 5.26 Å². The predicted molar refractivity (Wildman–Crippen MR) is 139 cm³/mol. The molecule has 9 nitrogen and oxygen atoms in total. The summed E-state index contributed by atoms with van der Waals surface area (Å²) in [6.07, 6.45) is 3.40. The maximum atomic E-state index is 13.8. The number of sulfone groups is 1. The molecule has 1 aromatic carbocycles. The smallest absolute Gasteiger partial charge is 0.168 e. The van der Waals surface area contributed by atoms with Gasteiger partial charge in [-0.1, -0.05) is 0 Å².